The number of likely N-dealkylation sites (N-methyl/N-ethyl adjacent to an activating group) is 1. The second-order valence-electron chi connectivity index (χ2n) is 4.38. The summed E-state index contributed by atoms with van der Waals surface area (Å²) in [6, 6.07) is 16.0. The van der Waals surface area contributed by atoms with E-state index in [1.54, 1.807) is 4.90 Å². The van der Waals surface area contributed by atoms with Crippen molar-refractivity contribution < 1.29 is 4.79 Å². The highest BCUT2D eigenvalue weighted by Gasteiger charge is 2.13. The van der Waals surface area contributed by atoms with Gasteiger partial charge < -0.3 is 4.90 Å². The normalized spacial score (nSPS) is 10.1. The average Bonchev–Trinajstić information content (AvgIpc) is 2.45. The summed E-state index contributed by atoms with van der Waals surface area (Å²) < 4.78 is 0. The predicted octanol–water partition coefficient (Wildman–Crippen LogP) is 2.75. The summed E-state index contributed by atoms with van der Waals surface area (Å²) in [5.74, 6) is 0.000373. The van der Waals surface area contributed by atoms with Crippen LogP contribution in [-0.2, 0) is 11.2 Å². The molecule has 0 aliphatic rings. The maximum Gasteiger partial charge on any atom is 0.227 e. The molecule has 0 saturated heterocycles. The number of carbonyl (C=O) groups excluding carboxylic acids is 1. The van der Waals surface area contributed by atoms with Gasteiger partial charge in [0.25, 0.3) is 0 Å². The topological polar surface area (TPSA) is 44.1 Å². The molecule has 0 fully saturated rings. The molecule has 2 rings (SSSR count). The molecule has 0 heterocycles. The van der Waals surface area contributed by atoms with Crippen molar-refractivity contribution in [1.29, 1.82) is 5.26 Å². The number of nitrogens with zero attached hydrogens (tertiary/aromatic N) is 2. The molecule has 2 aromatic carbocycles. The van der Waals surface area contributed by atoms with Gasteiger partial charge in [0.1, 0.15) is 6.54 Å². The summed E-state index contributed by atoms with van der Waals surface area (Å²) >= 11 is 0. The van der Waals surface area contributed by atoms with Gasteiger partial charge in [-0.05, 0) is 23.3 Å². The van der Waals surface area contributed by atoms with Gasteiger partial charge in [-0.25, -0.2) is 0 Å². The van der Waals surface area contributed by atoms with Crippen molar-refractivity contribution in [2.24, 2.45) is 0 Å². The molecule has 2 aromatic rings. The van der Waals surface area contributed by atoms with Crippen LogP contribution in [0.5, 0.6) is 0 Å². The quantitative estimate of drug-likeness (QED) is 0.785. The van der Waals surface area contributed by atoms with Crippen molar-refractivity contribution in [3.63, 3.8) is 0 Å². The Bertz CT molecular complexity index is 623. The Balaban J connectivity index is 2.26. The molecular weight excluding hydrogens is 236 g/mol. The van der Waals surface area contributed by atoms with Gasteiger partial charge >= 0.3 is 0 Å². The highest BCUT2D eigenvalue weighted by molar-refractivity contribution is 5.90. The molecule has 0 unspecified atom stereocenters. The molecule has 0 aliphatic heterocycles. The molecule has 0 N–H and O–H groups in total. The van der Waals surface area contributed by atoms with Crippen molar-refractivity contribution in [2.75, 3.05) is 13.1 Å². The zero-order valence-electron chi connectivity index (χ0n) is 11.0. The first-order chi connectivity index (χ1) is 9.26. The van der Waals surface area contributed by atoms with Crippen molar-refractivity contribution in [2.45, 2.75) is 13.3 Å². The Morgan fingerprint density at radius 2 is 1.95 bits per heavy atom. The standard InChI is InChI=1S/C16H16N2O/c1-2-18(11-10-17)16(19)12-14-8-5-7-13-6-3-4-9-15(13)14/h3-9H,2,11-12H2,1H3. The summed E-state index contributed by atoms with van der Waals surface area (Å²) in [7, 11) is 0. The molecule has 19 heavy (non-hydrogen) atoms. The molecule has 1 amide bonds. The van der Waals surface area contributed by atoms with E-state index in [2.05, 4.69) is 0 Å². The number of fused-ring (bicyclic) bond motifs is 1. The zero-order chi connectivity index (χ0) is 13.7. The molecule has 0 spiro atoms. The predicted molar refractivity (Wildman–Crippen MR) is 75.5 cm³/mol. The van der Waals surface area contributed by atoms with E-state index in [0.717, 1.165) is 16.3 Å². The van der Waals surface area contributed by atoms with Crippen molar-refractivity contribution in [3.8, 4) is 6.07 Å². The lowest BCUT2D eigenvalue weighted by Crippen LogP contribution is -2.32. The third-order valence-corrected chi connectivity index (χ3v) is 3.22. The Kier molecular flexibility index (Phi) is 4.15. The first-order valence-electron chi connectivity index (χ1n) is 6.37. The fourth-order valence-corrected chi connectivity index (χ4v) is 2.18. The van der Waals surface area contributed by atoms with E-state index in [-0.39, 0.29) is 12.5 Å². The third-order valence-electron chi connectivity index (χ3n) is 3.22. The van der Waals surface area contributed by atoms with Crippen LogP contribution in [0.2, 0.25) is 0 Å². The van der Waals surface area contributed by atoms with Crippen LogP contribution in [0.4, 0.5) is 0 Å². The summed E-state index contributed by atoms with van der Waals surface area (Å²) in [6.45, 7) is 2.61. The lowest BCUT2D eigenvalue weighted by molar-refractivity contribution is -0.129. The van der Waals surface area contributed by atoms with E-state index < -0.39 is 0 Å². The van der Waals surface area contributed by atoms with E-state index in [1.165, 1.54) is 0 Å². The number of carbonyl (C=O) groups is 1. The van der Waals surface area contributed by atoms with Gasteiger partial charge in [-0.2, -0.15) is 5.26 Å². The lowest BCUT2D eigenvalue weighted by atomic mass is 10.0. The molecule has 0 bridgehead atoms. The van der Waals surface area contributed by atoms with Gasteiger partial charge in [-0.3, -0.25) is 4.79 Å². The Labute approximate surface area is 113 Å². The van der Waals surface area contributed by atoms with Crippen LogP contribution >= 0.6 is 0 Å². The van der Waals surface area contributed by atoms with Gasteiger partial charge in [0.05, 0.1) is 12.5 Å². The van der Waals surface area contributed by atoms with E-state index in [4.69, 9.17) is 5.26 Å². The molecular formula is C16H16N2O. The van der Waals surface area contributed by atoms with Crippen LogP contribution in [0.3, 0.4) is 0 Å². The minimum atomic E-state index is 0.000373. The van der Waals surface area contributed by atoms with Gasteiger partial charge in [-0.1, -0.05) is 42.5 Å². The van der Waals surface area contributed by atoms with E-state index in [0.29, 0.717) is 13.0 Å². The second kappa shape index (κ2) is 6.01. The minimum absolute atomic E-state index is 0.000373. The molecule has 0 aliphatic carbocycles. The van der Waals surface area contributed by atoms with Crippen LogP contribution < -0.4 is 0 Å². The van der Waals surface area contributed by atoms with Crippen LogP contribution in [-0.4, -0.2) is 23.9 Å². The zero-order valence-corrected chi connectivity index (χ0v) is 11.0. The molecule has 3 heteroatoms. The number of rotatable bonds is 4. The average molecular weight is 252 g/mol. The van der Waals surface area contributed by atoms with Crippen LogP contribution in [0, 0.1) is 11.3 Å². The van der Waals surface area contributed by atoms with Crippen molar-refractivity contribution >= 4 is 16.7 Å². The summed E-state index contributed by atoms with van der Waals surface area (Å²) in [4.78, 5) is 13.7. The fraction of sp³-hybridized carbons (Fsp3) is 0.250. The van der Waals surface area contributed by atoms with Crippen molar-refractivity contribution in [3.05, 3.63) is 48.0 Å². The number of hydrogen-bond donors (Lipinski definition) is 0. The first-order valence-corrected chi connectivity index (χ1v) is 6.37. The molecule has 0 saturated carbocycles. The molecule has 0 aromatic heterocycles. The first kappa shape index (κ1) is 13.1. The Morgan fingerprint density at radius 3 is 2.68 bits per heavy atom. The van der Waals surface area contributed by atoms with Crippen LogP contribution in [0.15, 0.2) is 42.5 Å². The van der Waals surface area contributed by atoms with Crippen LogP contribution in [0.25, 0.3) is 10.8 Å². The third kappa shape index (κ3) is 2.92. The SMILES string of the molecule is CCN(CC#N)C(=O)Cc1cccc2ccccc12. The highest BCUT2D eigenvalue weighted by Crippen LogP contribution is 2.19. The molecule has 0 radical (unpaired) electrons. The van der Waals surface area contributed by atoms with Gasteiger partial charge in [0.2, 0.25) is 5.91 Å². The smallest absolute Gasteiger partial charge is 0.227 e. The minimum Gasteiger partial charge on any atom is -0.329 e. The molecule has 3 nitrogen and oxygen atoms in total. The van der Waals surface area contributed by atoms with E-state index in [9.17, 15) is 4.79 Å². The number of benzene rings is 2. The maximum atomic E-state index is 12.2. The van der Waals surface area contributed by atoms with Gasteiger partial charge in [-0.15, -0.1) is 0 Å². The monoisotopic (exact) mass is 252 g/mol. The Morgan fingerprint density at radius 1 is 1.21 bits per heavy atom. The Hall–Kier alpha value is -2.34. The second-order valence-corrected chi connectivity index (χ2v) is 4.38. The fourth-order valence-electron chi connectivity index (χ4n) is 2.18. The number of amides is 1. The summed E-state index contributed by atoms with van der Waals surface area (Å²) in [5.41, 5.74) is 1.01. The van der Waals surface area contributed by atoms with E-state index in [1.807, 2.05) is 55.5 Å². The van der Waals surface area contributed by atoms with Crippen LogP contribution in [0.1, 0.15) is 12.5 Å². The van der Waals surface area contributed by atoms with Gasteiger partial charge in [0.15, 0.2) is 0 Å². The largest absolute Gasteiger partial charge is 0.329 e. The van der Waals surface area contributed by atoms with Gasteiger partial charge in [0, 0.05) is 6.54 Å². The van der Waals surface area contributed by atoms with E-state index >= 15 is 0 Å². The summed E-state index contributed by atoms with van der Waals surface area (Å²) in [6.07, 6.45) is 0.344. The molecule has 0 atom stereocenters. The number of hydrogen-bond acceptors (Lipinski definition) is 2. The molecule has 96 valence electrons. The highest BCUT2D eigenvalue weighted by atomic mass is 16.2. The summed E-state index contributed by atoms with van der Waals surface area (Å²) in [5, 5.41) is 10.9. The lowest BCUT2D eigenvalue weighted by Gasteiger charge is -2.17. The van der Waals surface area contributed by atoms with Crippen molar-refractivity contribution in [1.82, 2.24) is 4.90 Å². The maximum absolute atomic E-state index is 12.2. The number of nitriles is 1.